The van der Waals surface area contributed by atoms with Crippen LogP contribution in [0.2, 0.25) is 0 Å². The molecule has 12 heteroatoms. The summed E-state index contributed by atoms with van der Waals surface area (Å²) in [6.45, 7) is 0.646. The van der Waals surface area contributed by atoms with Crippen LogP contribution in [0.5, 0.6) is 5.75 Å². The predicted molar refractivity (Wildman–Crippen MR) is 130 cm³/mol. The zero-order valence-electron chi connectivity index (χ0n) is 19.6. The van der Waals surface area contributed by atoms with Gasteiger partial charge in [0.25, 0.3) is 5.91 Å². The van der Waals surface area contributed by atoms with Crippen molar-refractivity contribution in [3.63, 3.8) is 0 Å². The molecule has 2 aromatic carbocycles. The number of hydrogen-bond acceptors (Lipinski definition) is 7. The second kappa shape index (κ2) is 8.82. The average Bonchev–Trinajstić information content (AvgIpc) is 3.65. The predicted octanol–water partition coefficient (Wildman–Crippen LogP) is 4.02. The summed E-state index contributed by atoms with van der Waals surface area (Å²) in [6, 6.07) is 8.09. The molecule has 0 saturated carbocycles. The first-order valence-electron chi connectivity index (χ1n) is 11.6. The Morgan fingerprint density at radius 1 is 1.22 bits per heavy atom. The van der Waals surface area contributed by atoms with Crippen LogP contribution in [0.4, 0.5) is 14.6 Å². The Morgan fingerprint density at radius 3 is 2.89 bits per heavy atom. The van der Waals surface area contributed by atoms with E-state index in [0.29, 0.717) is 52.4 Å². The summed E-state index contributed by atoms with van der Waals surface area (Å²) < 4.78 is 35.3. The first-order valence-corrected chi connectivity index (χ1v) is 11.6. The van der Waals surface area contributed by atoms with Crippen LogP contribution in [0.25, 0.3) is 28.1 Å². The molecule has 0 aliphatic carbocycles. The highest BCUT2D eigenvalue weighted by atomic mass is 19.1. The van der Waals surface area contributed by atoms with E-state index < -0.39 is 17.5 Å². The third kappa shape index (κ3) is 3.82. The minimum atomic E-state index is -0.716. The topological polar surface area (TPSA) is 121 Å². The maximum absolute atomic E-state index is 14.6. The van der Waals surface area contributed by atoms with Gasteiger partial charge in [0, 0.05) is 24.4 Å². The number of rotatable bonds is 5. The number of H-pyrrole nitrogens is 1. The lowest BCUT2D eigenvalue weighted by atomic mass is 10.0. The minimum Gasteiger partial charge on any atom is -0.496 e. The van der Waals surface area contributed by atoms with Gasteiger partial charge in [0.05, 0.1) is 41.5 Å². The van der Waals surface area contributed by atoms with Crippen molar-refractivity contribution in [2.75, 3.05) is 18.6 Å². The minimum absolute atomic E-state index is 0.137. The number of benzene rings is 2. The Morgan fingerprint density at radius 2 is 2.08 bits per heavy atom. The van der Waals surface area contributed by atoms with Crippen molar-refractivity contribution in [1.29, 1.82) is 0 Å². The van der Waals surface area contributed by atoms with Gasteiger partial charge in [-0.25, -0.2) is 28.7 Å². The Hall–Kier alpha value is -4.58. The second-order valence-electron chi connectivity index (χ2n) is 8.73. The normalized spacial score (nSPS) is 15.6. The largest absolute Gasteiger partial charge is 0.496 e. The molecule has 1 atom stereocenters. The average molecular weight is 505 g/mol. The number of methoxy groups -OCH3 is 1. The lowest BCUT2D eigenvalue weighted by Crippen LogP contribution is -2.24. The molecule has 3 aromatic heterocycles. The van der Waals surface area contributed by atoms with Gasteiger partial charge in [-0.05, 0) is 43.2 Å². The molecule has 4 heterocycles. The van der Waals surface area contributed by atoms with Crippen LogP contribution in [-0.4, -0.2) is 49.3 Å². The van der Waals surface area contributed by atoms with Gasteiger partial charge < -0.3 is 14.6 Å². The number of aromatic nitrogens is 5. The van der Waals surface area contributed by atoms with E-state index in [1.54, 1.807) is 34.5 Å². The van der Waals surface area contributed by atoms with Gasteiger partial charge >= 0.3 is 0 Å². The van der Waals surface area contributed by atoms with E-state index in [4.69, 9.17) is 14.9 Å². The van der Waals surface area contributed by atoms with Crippen LogP contribution in [0.15, 0.2) is 48.8 Å². The summed E-state index contributed by atoms with van der Waals surface area (Å²) in [6.07, 6.45) is 4.87. The number of aromatic amines is 1. The first-order chi connectivity index (χ1) is 18.0. The Balaban J connectivity index is 1.41. The first kappa shape index (κ1) is 22.9. The van der Waals surface area contributed by atoms with Gasteiger partial charge in [-0.3, -0.25) is 10.0 Å². The quantitative estimate of drug-likeness (QED) is 0.244. The molecular weight excluding hydrogens is 484 g/mol. The maximum Gasteiger partial charge on any atom is 0.278 e. The molecule has 10 nitrogen and oxygen atoms in total. The number of nitrogens with zero attached hydrogens (tertiary/aromatic N) is 5. The van der Waals surface area contributed by atoms with E-state index in [-0.39, 0.29) is 17.4 Å². The molecule has 1 amide bonds. The van der Waals surface area contributed by atoms with Crippen LogP contribution in [0.3, 0.4) is 0 Å². The molecule has 37 heavy (non-hydrogen) atoms. The summed E-state index contributed by atoms with van der Waals surface area (Å²) in [4.78, 5) is 26.6. The number of anilines is 1. The number of ether oxygens (including phenoxy) is 1. The summed E-state index contributed by atoms with van der Waals surface area (Å²) >= 11 is 0. The van der Waals surface area contributed by atoms with E-state index >= 15 is 0 Å². The van der Waals surface area contributed by atoms with Gasteiger partial charge in [0.2, 0.25) is 0 Å². The van der Waals surface area contributed by atoms with Crippen LogP contribution >= 0.6 is 0 Å². The van der Waals surface area contributed by atoms with E-state index in [2.05, 4.69) is 15.1 Å². The highest BCUT2D eigenvalue weighted by molar-refractivity contribution is 6.00. The molecule has 1 fully saturated rings. The summed E-state index contributed by atoms with van der Waals surface area (Å²) in [5.41, 5.74) is 4.26. The number of amides is 1. The molecule has 1 aliphatic rings. The third-order valence-electron chi connectivity index (χ3n) is 6.62. The summed E-state index contributed by atoms with van der Waals surface area (Å²) in [7, 11) is 1.42. The van der Waals surface area contributed by atoms with Crippen LogP contribution in [-0.2, 0) is 0 Å². The smallest absolute Gasteiger partial charge is 0.278 e. The fourth-order valence-electron chi connectivity index (χ4n) is 4.89. The second-order valence-corrected chi connectivity index (χ2v) is 8.73. The molecule has 1 aliphatic heterocycles. The van der Waals surface area contributed by atoms with Crippen LogP contribution in [0.1, 0.15) is 34.8 Å². The van der Waals surface area contributed by atoms with Crippen molar-refractivity contribution >= 4 is 28.4 Å². The van der Waals surface area contributed by atoms with E-state index in [0.717, 1.165) is 18.6 Å². The maximum atomic E-state index is 14.6. The standard InChI is InChI=1S/C25H21F2N7O3/c1-37-21-11-19-18(10-15(21)25(35)32-36)29-23(30-19)16-12-28-34-8-6-22(31-24(16)34)33-7-2-3-20(33)14-9-13(26)4-5-17(14)27/h4-6,8-12,20,36H,2-3,7H2,1H3,(H,29,30)(H,32,35)/t20-/m1/s1. The number of halogens is 2. The highest BCUT2D eigenvalue weighted by Crippen LogP contribution is 2.37. The summed E-state index contributed by atoms with van der Waals surface area (Å²) in [5, 5.41) is 13.4. The lowest BCUT2D eigenvalue weighted by molar-refractivity contribution is 0.0703. The number of nitrogens with one attached hydrogen (secondary N) is 2. The third-order valence-corrected chi connectivity index (χ3v) is 6.62. The zero-order chi connectivity index (χ0) is 25.7. The number of hydroxylamine groups is 1. The number of imidazole rings is 1. The van der Waals surface area contributed by atoms with Crippen molar-refractivity contribution in [3.05, 3.63) is 71.6 Å². The van der Waals surface area contributed by atoms with Crippen molar-refractivity contribution in [2.24, 2.45) is 0 Å². The van der Waals surface area contributed by atoms with Gasteiger partial charge in [-0.1, -0.05) is 0 Å². The highest BCUT2D eigenvalue weighted by Gasteiger charge is 2.30. The molecule has 188 valence electrons. The van der Waals surface area contributed by atoms with Gasteiger partial charge in [0.1, 0.15) is 29.0 Å². The fraction of sp³-hybridized carbons (Fsp3) is 0.200. The molecule has 5 aromatic rings. The van der Waals surface area contributed by atoms with Crippen molar-refractivity contribution in [3.8, 4) is 17.1 Å². The number of hydrogen-bond donors (Lipinski definition) is 3. The van der Waals surface area contributed by atoms with E-state index in [1.165, 1.54) is 19.2 Å². The van der Waals surface area contributed by atoms with Crippen molar-refractivity contribution in [1.82, 2.24) is 30.0 Å². The number of fused-ring (bicyclic) bond motifs is 2. The van der Waals surface area contributed by atoms with Gasteiger partial charge in [0.15, 0.2) is 5.65 Å². The monoisotopic (exact) mass is 505 g/mol. The summed E-state index contributed by atoms with van der Waals surface area (Å²) in [5.74, 6) is -0.316. The fourth-order valence-corrected chi connectivity index (χ4v) is 4.89. The van der Waals surface area contributed by atoms with Crippen molar-refractivity contribution in [2.45, 2.75) is 18.9 Å². The van der Waals surface area contributed by atoms with Gasteiger partial charge in [-0.15, -0.1) is 0 Å². The molecular formula is C25H21F2N7O3. The Kier molecular flexibility index (Phi) is 5.45. The van der Waals surface area contributed by atoms with Crippen molar-refractivity contribution < 1.29 is 23.5 Å². The SMILES string of the molecule is COc1cc2nc(-c3cnn4ccc(N5CCC[C@@H]5c5cc(F)ccc5F)nc34)[nH]c2cc1C(=O)NO. The zero-order valence-corrected chi connectivity index (χ0v) is 19.6. The number of carbonyl (C=O) groups excluding carboxylic acids is 1. The van der Waals surface area contributed by atoms with E-state index in [1.807, 2.05) is 4.90 Å². The number of carbonyl (C=O) groups is 1. The lowest BCUT2D eigenvalue weighted by Gasteiger charge is -2.26. The molecule has 6 rings (SSSR count). The molecule has 0 unspecified atom stereocenters. The van der Waals surface area contributed by atoms with Crippen LogP contribution < -0.4 is 15.1 Å². The Bertz CT molecular complexity index is 1670. The van der Waals surface area contributed by atoms with Gasteiger partial charge in [-0.2, -0.15) is 5.10 Å². The van der Waals surface area contributed by atoms with E-state index in [9.17, 15) is 13.6 Å². The molecule has 1 saturated heterocycles. The Labute approximate surface area is 208 Å². The molecule has 0 bridgehead atoms. The molecule has 3 N–H and O–H groups in total. The molecule has 0 radical (unpaired) electrons. The molecule has 0 spiro atoms. The van der Waals surface area contributed by atoms with Crippen LogP contribution in [0, 0.1) is 11.6 Å².